The molecule has 18 heavy (non-hydrogen) atoms. The minimum Gasteiger partial charge on any atom is -0.347 e. The quantitative estimate of drug-likeness (QED) is 0.750. The van der Waals surface area contributed by atoms with Gasteiger partial charge in [-0.1, -0.05) is 12.8 Å². The third kappa shape index (κ3) is 3.98. The summed E-state index contributed by atoms with van der Waals surface area (Å²) in [5, 5.41) is 2.57. The highest BCUT2D eigenvalue weighted by atomic mass is 16.2. The fourth-order valence-electron chi connectivity index (χ4n) is 2.77. The largest absolute Gasteiger partial charge is 0.347 e. The molecule has 2 atom stereocenters. The highest BCUT2D eigenvalue weighted by molar-refractivity contribution is 5.83. The molecular formula is C13H25N3O2. The van der Waals surface area contributed by atoms with Gasteiger partial charge in [-0.05, 0) is 32.2 Å². The van der Waals surface area contributed by atoms with E-state index in [1.165, 1.54) is 13.3 Å². The molecule has 5 nitrogen and oxygen atoms in total. The van der Waals surface area contributed by atoms with Crippen molar-refractivity contribution in [2.24, 2.45) is 11.7 Å². The maximum absolute atomic E-state index is 12.1. The fraction of sp³-hybridized carbons (Fsp3) is 0.846. The Morgan fingerprint density at radius 3 is 2.56 bits per heavy atom. The molecule has 2 amide bonds. The highest BCUT2D eigenvalue weighted by Crippen LogP contribution is 2.27. The predicted molar refractivity (Wildman–Crippen MR) is 70.9 cm³/mol. The second-order valence-corrected chi connectivity index (χ2v) is 4.94. The molecule has 0 aromatic carbocycles. The molecule has 0 spiro atoms. The second-order valence-electron chi connectivity index (χ2n) is 4.94. The van der Waals surface area contributed by atoms with E-state index >= 15 is 0 Å². The summed E-state index contributed by atoms with van der Waals surface area (Å²) in [5.41, 5.74) is 5.80. The van der Waals surface area contributed by atoms with Gasteiger partial charge in [-0.3, -0.25) is 9.59 Å². The number of amides is 2. The first-order valence-electron chi connectivity index (χ1n) is 6.84. The molecule has 1 aliphatic carbocycles. The predicted octanol–water partition coefficient (Wildman–Crippen LogP) is 0.489. The molecule has 3 N–H and O–H groups in total. The number of nitrogens with one attached hydrogen (secondary N) is 1. The summed E-state index contributed by atoms with van der Waals surface area (Å²) < 4.78 is 0. The lowest BCUT2D eigenvalue weighted by Crippen LogP contribution is -2.50. The lowest BCUT2D eigenvalue weighted by molar-refractivity contribution is -0.136. The molecule has 0 saturated heterocycles. The van der Waals surface area contributed by atoms with E-state index in [1.807, 2.05) is 11.8 Å². The van der Waals surface area contributed by atoms with Crippen LogP contribution >= 0.6 is 0 Å². The lowest BCUT2D eigenvalue weighted by atomic mass is 9.83. The zero-order valence-corrected chi connectivity index (χ0v) is 11.4. The zero-order chi connectivity index (χ0) is 13.5. The van der Waals surface area contributed by atoms with Crippen LogP contribution in [0.1, 0.15) is 39.5 Å². The van der Waals surface area contributed by atoms with Crippen LogP contribution < -0.4 is 11.1 Å². The van der Waals surface area contributed by atoms with Crippen LogP contribution in [0.4, 0.5) is 0 Å². The molecule has 0 aromatic rings. The Bertz CT molecular complexity index is 294. The maximum atomic E-state index is 12.1. The molecule has 1 saturated carbocycles. The summed E-state index contributed by atoms with van der Waals surface area (Å²) in [7, 11) is 0. The molecule has 104 valence electrons. The van der Waals surface area contributed by atoms with E-state index < -0.39 is 0 Å². The monoisotopic (exact) mass is 255 g/mol. The summed E-state index contributed by atoms with van der Waals surface area (Å²) >= 11 is 0. The highest BCUT2D eigenvalue weighted by Gasteiger charge is 2.30. The molecule has 1 aliphatic rings. The van der Waals surface area contributed by atoms with Crippen molar-refractivity contribution in [2.45, 2.75) is 45.6 Å². The van der Waals surface area contributed by atoms with Gasteiger partial charge in [0.1, 0.15) is 0 Å². The van der Waals surface area contributed by atoms with Crippen LogP contribution in [0.3, 0.4) is 0 Å². The van der Waals surface area contributed by atoms with Crippen molar-refractivity contribution in [2.75, 3.05) is 19.6 Å². The molecule has 1 fully saturated rings. The number of nitrogens with zero attached hydrogens (tertiary/aromatic N) is 1. The Morgan fingerprint density at radius 1 is 1.33 bits per heavy atom. The number of rotatable bonds is 5. The first kappa shape index (κ1) is 15.0. The fourth-order valence-corrected chi connectivity index (χ4v) is 2.77. The van der Waals surface area contributed by atoms with Gasteiger partial charge in [-0.25, -0.2) is 0 Å². The second kappa shape index (κ2) is 7.36. The van der Waals surface area contributed by atoms with Gasteiger partial charge in [-0.2, -0.15) is 0 Å². The standard InChI is InChI=1S/C13H25N3O2/c1-3-16(13(18)9-15-10(2)17)12-7-5-4-6-11(12)8-14/h11-12H,3-9,14H2,1-2H3,(H,15,17). The topological polar surface area (TPSA) is 75.4 Å². The van der Waals surface area contributed by atoms with E-state index in [4.69, 9.17) is 5.73 Å². The summed E-state index contributed by atoms with van der Waals surface area (Å²) in [6.07, 6.45) is 4.49. The van der Waals surface area contributed by atoms with Crippen molar-refractivity contribution in [1.29, 1.82) is 0 Å². The molecule has 0 bridgehead atoms. The minimum atomic E-state index is -0.168. The van der Waals surface area contributed by atoms with Gasteiger partial charge in [0.15, 0.2) is 0 Å². The number of nitrogens with two attached hydrogens (primary N) is 1. The normalized spacial score (nSPS) is 23.5. The Morgan fingerprint density at radius 2 is 2.00 bits per heavy atom. The van der Waals surface area contributed by atoms with E-state index in [0.717, 1.165) is 19.3 Å². The van der Waals surface area contributed by atoms with Gasteiger partial charge in [0.25, 0.3) is 0 Å². The van der Waals surface area contributed by atoms with Gasteiger partial charge in [0.05, 0.1) is 6.54 Å². The summed E-state index contributed by atoms with van der Waals surface area (Å²) in [6, 6.07) is 0.245. The summed E-state index contributed by atoms with van der Waals surface area (Å²) in [5.74, 6) is 0.233. The first-order valence-corrected chi connectivity index (χ1v) is 6.84. The summed E-state index contributed by atoms with van der Waals surface area (Å²) in [4.78, 5) is 24.8. The Balaban J connectivity index is 2.62. The Hall–Kier alpha value is -1.10. The van der Waals surface area contributed by atoms with Gasteiger partial charge in [0.2, 0.25) is 11.8 Å². The average molecular weight is 255 g/mol. The SMILES string of the molecule is CCN(C(=O)CNC(C)=O)C1CCCCC1CN. The van der Waals surface area contributed by atoms with Crippen LogP contribution in [0.25, 0.3) is 0 Å². The van der Waals surface area contributed by atoms with Crippen LogP contribution in [-0.4, -0.2) is 42.4 Å². The van der Waals surface area contributed by atoms with E-state index in [0.29, 0.717) is 19.0 Å². The average Bonchev–Trinajstić information content (AvgIpc) is 2.37. The zero-order valence-electron chi connectivity index (χ0n) is 11.4. The molecule has 1 rings (SSSR count). The smallest absolute Gasteiger partial charge is 0.242 e. The molecule has 0 radical (unpaired) electrons. The van der Waals surface area contributed by atoms with E-state index in [-0.39, 0.29) is 24.4 Å². The number of hydrogen-bond acceptors (Lipinski definition) is 3. The maximum Gasteiger partial charge on any atom is 0.242 e. The number of carbonyl (C=O) groups excluding carboxylic acids is 2. The first-order chi connectivity index (χ1) is 8.60. The van der Waals surface area contributed by atoms with Crippen molar-refractivity contribution in [1.82, 2.24) is 10.2 Å². The van der Waals surface area contributed by atoms with Crippen molar-refractivity contribution < 1.29 is 9.59 Å². The number of hydrogen-bond donors (Lipinski definition) is 2. The minimum absolute atomic E-state index is 0.00181. The van der Waals surface area contributed by atoms with E-state index in [2.05, 4.69) is 5.32 Å². The van der Waals surface area contributed by atoms with Gasteiger partial charge >= 0.3 is 0 Å². The Labute approximate surface area is 109 Å². The Kier molecular flexibility index (Phi) is 6.12. The van der Waals surface area contributed by atoms with Gasteiger partial charge in [-0.15, -0.1) is 0 Å². The molecular weight excluding hydrogens is 230 g/mol. The number of likely N-dealkylation sites (N-methyl/N-ethyl adjacent to an activating group) is 1. The summed E-state index contributed by atoms with van der Waals surface area (Å²) in [6.45, 7) is 4.81. The van der Waals surface area contributed by atoms with Gasteiger partial charge in [0, 0.05) is 19.5 Å². The molecule has 5 heteroatoms. The van der Waals surface area contributed by atoms with Crippen LogP contribution in [-0.2, 0) is 9.59 Å². The number of carbonyl (C=O) groups is 2. The van der Waals surface area contributed by atoms with Crippen LogP contribution in [0.15, 0.2) is 0 Å². The van der Waals surface area contributed by atoms with Crippen molar-refractivity contribution in [3.8, 4) is 0 Å². The molecule has 2 unspecified atom stereocenters. The van der Waals surface area contributed by atoms with Gasteiger partial charge < -0.3 is 16.0 Å². The van der Waals surface area contributed by atoms with E-state index in [9.17, 15) is 9.59 Å². The van der Waals surface area contributed by atoms with Crippen molar-refractivity contribution in [3.63, 3.8) is 0 Å². The lowest BCUT2D eigenvalue weighted by Gasteiger charge is -2.39. The van der Waals surface area contributed by atoms with E-state index in [1.54, 1.807) is 0 Å². The van der Waals surface area contributed by atoms with Crippen LogP contribution in [0.5, 0.6) is 0 Å². The third-order valence-corrected chi connectivity index (χ3v) is 3.72. The van der Waals surface area contributed by atoms with Crippen molar-refractivity contribution >= 4 is 11.8 Å². The molecule has 0 aromatic heterocycles. The van der Waals surface area contributed by atoms with Crippen LogP contribution in [0.2, 0.25) is 0 Å². The van der Waals surface area contributed by atoms with Crippen molar-refractivity contribution in [3.05, 3.63) is 0 Å². The third-order valence-electron chi connectivity index (χ3n) is 3.72. The molecule has 0 heterocycles. The van der Waals surface area contributed by atoms with Crippen LogP contribution in [0, 0.1) is 5.92 Å². The molecule has 0 aliphatic heterocycles.